The van der Waals surface area contributed by atoms with Crippen LogP contribution in [-0.2, 0) is 16.4 Å². The summed E-state index contributed by atoms with van der Waals surface area (Å²) in [5.41, 5.74) is -4.28. The van der Waals surface area contributed by atoms with Crippen molar-refractivity contribution in [3.05, 3.63) is 16.1 Å². The number of thiazole rings is 1. The van der Waals surface area contributed by atoms with E-state index in [2.05, 4.69) is 20.6 Å². The first kappa shape index (κ1) is 21.9. The fourth-order valence-electron chi connectivity index (χ4n) is 2.71. The monoisotopic (exact) mass is 427 g/mol. The third kappa shape index (κ3) is 6.04. The minimum Gasteiger partial charge on any atom is -0.357 e. The van der Waals surface area contributed by atoms with E-state index in [4.69, 9.17) is 0 Å². The van der Waals surface area contributed by atoms with E-state index in [1.165, 1.54) is 0 Å². The zero-order valence-electron chi connectivity index (χ0n) is 15.2. The number of alkyl halides is 3. The Balaban J connectivity index is 1.87. The number of rotatable bonds is 6. The molecule has 2 rings (SSSR count). The second-order valence-corrected chi connectivity index (χ2v) is 9.13. The zero-order valence-corrected chi connectivity index (χ0v) is 16.8. The number of aliphatic imine (C=N–C) groups is 1. The summed E-state index contributed by atoms with van der Waals surface area (Å²) in [4.78, 5) is 8.84. The first-order chi connectivity index (χ1) is 12.6. The summed E-state index contributed by atoms with van der Waals surface area (Å²) in [6.45, 7) is 4.69. The first-order valence-corrected chi connectivity index (χ1v) is 11.0. The maximum absolute atomic E-state index is 12.6. The van der Waals surface area contributed by atoms with Crippen molar-refractivity contribution in [1.82, 2.24) is 19.9 Å². The lowest BCUT2D eigenvalue weighted by atomic mass is 10.1. The van der Waals surface area contributed by atoms with Gasteiger partial charge in [0.2, 0.25) is 0 Å². The maximum Gasteiger partial charge on any atom is 0.511 e. The summed E-state index contributed by atoms with van der Waals surface area (Å²) >= 11 is 1.58. The lowest BCUT2D eigenvalue weighted by Gasteiger charge is -2.32. The molecule has 0 atom stereocenters. The lowest BCUT2D eigenvalue weighted by molar-refractivity contribution is -0.0494. The molecule has 1 aromatic heterocycles. The third-order valence-electron chi connectivity index (χ3n) is 4.08. The number of piperidine rings is 1. The largest absolute Gasteiger partial charge is 0.511 e. The van der Waals surface area contributed by atoms with Crippen LogP contribution in [0.3, 0.4) is 0 Å². The summed E-state index contributed by atoms with van der Waals surface area (Å²) in [5, 5.41) is 9.26. The van der Waals surface area contributed by atoms with E-state index in [1.54, 1.807) is 11.3 Å². The smallest absolute Gasteiger partial charge is 0.357 e. The van der Waals surface area contributed by atoms with Gasteiger partial charge in [0.15, 0.2) is 5.96 Å². The predicted octanol–water partition coefficient (Wildman–Crippen LogP) is 1.86. The highest BCUT2D eigenvalue weighted by Crippen LogP contribution is 2.28. The number of nitrogens with one attached hydrogen (secondary N) is 2. The highest BCUT2D eigenvalue weighted by Gasteiger charge is 2.50. The van der Waals surface area contributed by atoms with Crippen molar-refractivity contribution in [3.8, 4) is 0 Å². The molecule has 0 spiro atoms. The van der Waals surface area contributed by atoms with Crippen molar-refractivity contribution < 1.29 is 21.6 Å². The van der Waals surface area contributed by atoms with Crippen molar-refractivity contribution in [2.75, 3.05) is 26.2 Å². The van der Waals surface area contributed by atoms with Crippen LogP contribution in [0.25, 0.3) is 0 Å². The van der Waals surface area contributed by atoms with Crippen LogP contribution in [0.4, 0.5) is 13.2 Å². The molecule has 1 fully saturated rings. The van der Waals surface area contributed by atoms with Crippen LogP contribution in [0.15, 0.2) is 10.4 Å². The Morgan fingerprint density at radius 1 is 1.41 bits per heavy atom. The number of guanidine groups is 1. The van der Waals surface area contributed by atoms with Gasteiger partial charge < -0.3 is 10.6 Å². The summed E-state index contributed by atoms with van der Waals surface area (Å²) in [6.07, 6.45) is 1.26. The molecule has 12 heteroatoms. The maximum atomic E-state index is 12.6. The molecule has 0 unspecified atom stereocenters. The average molecular weight is 428 g/mol. The molecule has 0 amide bonds. The molecule has 1 aromatic rings. The second kappa shape index (κ2) is 9.20. The molecule has 154 valence electrons. The molecule has 0 aromatic carbocycles. The van der Waals surface area contributed by atoms with Gasteiger partial charge in [0, 0.05) is 44.0 Å². The van der Waals surface area contributed by atoms with Gasteiger partial charge in [-0.05, 0) is 26.7 Å². The molecule has 2 N–H and O–H groups in total. The highest BCUT2D eigenvalue weighted by atomic mass is 32.2. The number of aromatic nitrogens is 1. The number of nitrogens with zero attached hydrogens (tertiary/aromatic N) is 3. The van der Waals surface area contributed by atoms with Gasteiger partial charge in [-0.15, -0.1) is 11.3 Å². The SMILES string of the molecule is CCNC(=NCCc1csc(C)n1)NC1CCN(S(=O)(=O)C(F)(F)F)CC1. The molecule has 0 radical (unpaired) electrons. The van der Waals surface area contributed by atoms with E-state index in [0.29, 0.717) is 29.8 Å². The fraction of sp³-hybridized carbons (Fsp3) is 0.733. The number of aryl methyl sites for hydroxylation is 1. The second-order valence-electron chi connectivity index (χ2n) is 6.14. The van der Waals surface area contributed by atoms with Gasteiger partial charge in [-0.1, -0.05) is 0 Å². The van der Waals surface area contributed by atoms with Gasteiger partial charge in [-0.2, -0.15) is 17.5 Å². The fourth-order valence-corrected chi connectivity index (χ4v) is 4.34. The summed E-state index contributed by atoms with van der Waals surface area (Å²) in [7, 11) is -5.25. The summed E-state index contributed by atoms with van der Waals surface area (Å²) < 4.78 is 61.3. The molecule has 27 heavy (non-hydrogen) atoms. The van der Waals surface area contributed by atoms with Crippen LogP contribution in [0.5, 0.6) is 0 Å². The highest BCUT2D eigenvalue weighted by molar-refractivity contribution is 7.90. The van der Waals surface area contributed by atoms with Gasteiger partial charge in [-0.3, -0.25) is 4.99 Å². The molecule has 1 aliphatic heterocycles. The topological polar surface area (TPSA) is 86.7 Å². The quantitative estimate of drug-likeness (QED) is 0.535. The lowest BCUT2D eigenvalue weighted by Crippen LogP contribution is -2.51. The number of hydrogen-bond acceptors (Lipinski definition) is 5. The van der Waals surface area contributed by atoms with Crippen LogP contribution in [0.2, 0.25) is 0 Å². The Bertz CT molecular complexity index is 741. The van der Waals surface area contributed by atoms with E-state index in [-0.39, 0.29) is 32.0 Å². The Morgan fingerprint density at radius 2 is 2.07 bits per heavy atom. The standard InChI is InChI=1S/C15H24F3N5O2S2/c1-3-19-14(20-7-4-13-10-26-11(2)21-13)22-12-5-8-23(9-6-12)27(24,25)15(16,17)18/h10,12H,3-9H2,1-2H3,(H2,19,20,22). The minimum atomic E-state index is -5.25. The van der Waals surface area contributed by atoms with Gasteiger partial charge in [0.25, 0.3) is 0 Å². The van der Waals surface area contributed by atoms with Crippen molar-refractivity contribution >= 4 is 27.3 Å². The van der Waals surface area contributed by atoms with E-state index in [9.17, 15) is 21.6 Å². The van der Waals surface area contributed by atoms with E-state index < -0.39 is 15.5 Å². The molecule has 0 bridgehead atoms. The Labute approximate surface area is 161 Å². The van der Waals surface area contributed by atoms with E-state index >= 15 is 0 Å². The van der Waals surface area contributed by atoms with E-state index in [1.807, 2.05) is 19.2 Å². The van der Waals surface area contributed by atoms with Crippen LogP contribution >= 0.6 is 11.3 Å². The van der Waals surface area contributed by atoms with Crippen LogP contribution in [0.1, 0.15) is 30.5 Å². The van der Waals surface area contributed by atoms with Crippen molar-refractivity contribution in [3.63, 3.8) is 0 Å². The molecule has 7 nitrogen and oxygen atoms in total. The van der Waals surface area contributed by atoms with E-state index in [0.717, 1.165) is 10.7 Å². The zero-order chi connectivity index (χ0) is 20.1. The average Bonchev–Trinajstić information content (AvgIpc) is 3.00. The van der Waals surface area contributed by atoms with Gasteiger partial charge >= 0.3 is 15.5 Å². The van der Waals surface area contributed by atoms with Crippen LogP contribution in [0, 0.1) is 6.92 Å². The van der Waals surface area contributed by atoms with Gasteiger partial charge in [0.1, 0.15) is 0 Å². The molecule has 1 saturated heterocycles. The molecule has 0 saturated carbocycles. The van der Waals surface area contributed by atoms with Crippen LogP contribution in [-0.4, -0.2) is 61.4 Å². The predicted molar refractivity (Wildman–Crippen MR) is 99.2 cm³/mol. The molecule has 2 heterocycles. The molecule has 0 aliphatic carbocycles. The Morgan fingerprint density at radius 3 is 2.59 bits per heavy atom. The van der Waals surface area contributed by atoms with Crippen molar-refractivity contribution in [2.24, 2.45) is 4.99 Å². The first-order valence-electron chi connectivity index (χ1n) is 8.65. The normalized spacial score (nSPS) is 17.9. The number of halogens is 3. The number of sulfonamides is 1. The van der Waals surface area contributed by atoms with Crippen molar-refractivity contribution in [2.45, 2.75) is 44.7 Å². The summed E-state index contributed by atoms with van der Waals surface area (Å²) in [5.74, 6) is 0.571. The Hall–Kier alpha value is -1.40. The summed E-state index contributed by atoms with van der Waals surface area (Å²) in [6, 6.07) is -0.135. The molecule has 1 aliphatic rings. The van der Waals surface area contributed by atoms with Crippen molar-refractivity contribution in [1.29, 1.82) is 0 Å². The van der Waals surface area contributed by atoms with Gasteiger partial charge in [-0.25, -0.2) is 13.4 Å². The third-order valence-corrected chi connectivity index (χ3v) is 6.53. The molecular weight excluding hydrogens is 403 g/mol. The minimum absolute atomic E-state index is 0.135. The molecular formula is C15H24F3N5O2S2. The van der Waals surface area contributed by atoms with Gasteiger partial charge in [0.05, 0.1) is 10.7 Å². The Kier molecular flexibility index (Phi) is 7.46. The number of hydrogen-bond donors (Lipinski definition) is 2. The van der Waals surface area contributed by atoms with Crippen LogP contribution < -0.4 is 10.6 Å².